The molecule has 1 rings (SSSR count). The molecule has 1 fully saturated rings. The van der Waals surface area contributed by atoms with Crippen LogP contribution in [0.1, 0.15) is 0 Å². The average Bonchev–Trinajstić information content (AvgIpc) is 2.12. The van der Waals surface area contributed by atoms with Gasteiger partial charge in [-0.25, -0.2) is 0 Å². The third-order valence-electron chi connectivity index (χ3n) is 2.11. The molecule has 0 radical (unpaired) electrons. The molecular weight excluding hydrogens is 180 g/mol. The van der Waals surface area contributed by atoms with Gasteiger partial charge < -0.3 is 29.9 Å². The van der Waals surface area contributed by atoms with Gasteiger partial charge in [-0.3, -0.25) is 0 Å². The highest BCUT2D eigenvalue weighted by Crippen LogP contribution is 2.21. The molecule has 6 nitrogen and oxygen atoms in total. The maximum absolute atomic E-state index is 9.44. The number of methoxy groups -OCH3 is 1. The second kappa shape index (κ2) is 4.32. The summed E-state index contributed by atoms with van der Waals surface area (Å²) in [6.07, 6.45) is -5.76. The third kappa shape index (κ3) is 1.98. The van der Waals surface area contributed by atoms with E-state index in [9.17, 15) is 10.2 Å². The summed E-state index contributed by atoms with van der Waals surface area (Å²) >= 11 is 0. The molecule has 0 bridgehead atoms. The Kier molecular flexibility index (Phi) is 3.60. The number of ether oxygens (including phenoxy) is 2. The summed E-state index contributed by atoms with van der Waals surface area (Å²) < 4.78 is 9.48. The van der Waals surface area contributed by atoms with Gasteiger partial charge in [-0.05, 0) is 0 Å². The van der Waals surface area contributed by atoms with Crippen LogP contribution in [0.5, 0.6) is 0 Å². The van der Waals surface area contributed by atoms with Crippen molar-refractivity contribution in [3.8, 4) is 0 Å². The van der Waals surface area contributed by atoms with E-state index in [0.717, 1.165) is 0 Å². The van der Waals surface area contributed by atoms with E-state index in [-0.39, 0.29) is 0 Å². The van der Waals surface area contributed by atoms with Gasteiger partial charge in [0.05, 0.1) is 6.61 Å². The van der Waals surface area contributed by atoms with Gasteiger partial charge in [-0.1, -0.05) is 0 Å². The molecule has 0 aliphatic carbocycles. The summed E-state index contributed by atoms with van der Waals surface area (Å²) in [6.45, 7) is -0.440. The van der Waals surface area contributed by atoms with Crippen molar-refractivity contribution in [1.29, 1.82) is 0 Å². The molecule has 0 aromatic heterocycles. The Hall–Kier alpha value is -0.240. The second-order valence-electron chi connectivity index (χ2n) is 2.93. The molecule has 1 saturated heterocycles. The summed E-state index contributed by atoms with van der Waals surface area (Å²) in [6, 6.07) is 0. The maximum Gasteiger partial charge on any atom is 0.184 e. The lowest BCUT2D eigenvalue weighted by Crippen LogP contribution is -2.59. The highest BCUT2D eigenvalue weighted by atomic mass is 16.6. The van der Waals surface area contributed by atoms with E-state index in [2.05, 4.69) is 0 Å². The summed E-state index contributed by atoms with van der Waals surface area (Å²) in [7, 11) is 1.30. The quantitative estimate of drug-likeness (QED) is 0.386. The van der Waals surface area contributed by atoms with E-state index in [1.54, 1.807) is 0 Å². The molecule has 0 aromatic rings. The summed E-state index contributed by atoms with van der Waals surface area (Å²) in [5, 5.41) is 36.6. The molecule has 0 amide bonds. The van der Waals surface area contributed by atoms with Gasteiger partial charge >= 0.3 is 0 Å². The zero-order chi connectivity index (χ0) is 10.0. The van der Waals surface area contributed by atoms with Crippen molar-refractivity contribution in [2.45, 2.75) is 30.7 Å². The largest absolute Gasteiger partial charge is 0.394 e. The van der Waals surface area contributed by atoms with E-state index in [1.165, 1.54) is 7.11 Å². The second-order valence-corrected chi connectivity index (χ2v) is 2.93. The van der Waals surface area contributed by atoms with Gasteiger partial charge in [0.25, 0.3) is 0 Å². The lowest BCUT2D eigenvalue weighted by Gasteiger charge is -2.39. The number of aliphatic hydroxyl groups is 4. The van der Waals surface area contributed by atoms with E-state index in [0.29, 0.717) is 0 Å². The first-order valence-corrected chi connectivity index (χ1v) is 3.95. The van der Waals surface area contributed by atoms with Crippen molar-refractivity contribution in [2.24, 2.45) is 0 Å². The Labute approximate surface area is 75.3 Å². The van der Waals surface area contributed by atoms with Crippen LogP contribution in [-0.4, -0.2) is 64.8 Å². The Balaban J connectivity index is 2.69. The van der Waals surface area contributed by atoms with Crippen LogP contribution in [-0.2, 0) is 9.47 Å². The van der Waals surface area contributed by atoms with Crippen LogP contribution in [0.3, 0.4) is 0 Å². The van der Waals surface area contributed by atoms with Crippen molar-refractivity contribution in [3.05, 3.63) is 0 Å². The molecule has 13 heavy (non-hydrogen) atoms. The molecule has 0 aromatic carbocycles. The Morgan fingerprint density at radius 2 is 1.85 bits per heavy atom. The fourth-order valence-corrected chi connectivity index (χ4v) is 1.35. The number of aliphatic hydroxyl groups excluding tert-OH is 4. The fourth-order valence-electron chi connectivity index (χ4n) is 1.35. The van der Waals surface area contributed by atoms with Crippen molar-refractivity contribution >= 4 is 0 Å². The minimum absolute atomic E-state index is 0.440. The van der Waals surface area contributed by atoms with Gasteiger partial charge in [-0.2, -0.15) is 0 Å². The van der Waals surface area contributed by atoms with Crippen LogP contribution < -0.4 is 0 Å². The van der Waals surface area contributed by atoms with Crippen LogP contribution in [0.4, 0.5) is 0 Å². The topological polar surface area (TPSA) is 99.4 Å². The van der Waals surface area contributed by atoms with E-state index < -0.39 is 37.3 Å². The molecule has 2 unspecified atom stereocenters. The predicted octanol–water partition coefficient (Wildman–Crippen LogP) is -2.57. The molecule has 6 heteroatoms. The zero-order valence-electron chi connectivity index (χ0n) is 7.20. The Bertz CT molecular complexity index is 163. The molecular formula is C7H14O6. The molecule has 1 aliphatic heterocycles. The smallest absolute Gasteiger partial charge is 0.184 e. The highest BCUT2D eigenvalue weighted by molar-refractivity contribution is 4.89. The summed E-state index contributed by atoms with van der Waals surface area (Å²) in [5.41, 5.74) is 0. The van der Waals surface area contributed by atoms with Gasteiger partial charge in [0.1, 0.15) is 24.4 Å². The van der Waals surface area contributed by atoms with Crippen molar-refractivity contribution < 1.29 is 29.9 Å². The zero-order valence-corrected chi connectivity index (χ0v) is 7.20. The monoisotopic (exact) mass is 194 g/mol. The molecule has 5 atom stereocenters. The van der Waals surface area contributed by atoms with Crippen LogP contribution in [0.25, 0.3) is 0 Å². The average molecular weight is 194 g/mol. The Morgan fingerprint density at radius 3 is 2.31 bits per heavy atom. The highest BCUT2D eigenvalue weighted by Gasteiger charge is 2.43. The number of rotatable bonds is 2. The predicted molar refractivity (Wildman–Crippen MR) is 40.8 cm³/mol. The first-order chi connectivity index (χ1) is 6.11. The maximum atomic E-state index is 9.44. The van der Waals surface area contributed by atoms with Crippen LogP contribution >= 0.6 is 0 Å². The minimum Gasteiger partial charge on any atom is -0.394 e. The number of hydrogen-bond acceptors (Lipinski definition) is 6. The van der Waals surface area contributed by atoms with Crippen LogP contribution in [0.2, 0.25) is 0 Å². The molecule has 0 saturated carbocycles. The van der Waals surface area contributed by atoms with Crippen molar-refractivity contribution in [1.82, 2.24) is 0 Å². The normalized spacial score (nSPS) is 46.4. The standard InChI is InChI=1S/C7H14O6/c1-12-6-4(9)3(2-8)13-7(11)5(6)10/h3-11H,2H2,1H3/t3?,4-,5?,6+,7+/m1/s1. The van der Waals surface area contributed by atoms with Crippen molar-refractivity contribution in [2.75, 3.05) is 13.7 Å². The van der Waals surface area contributed by atoms with Gasteiger partial charge in [0, 0.05) is 7.11 Å². The first-order valence-electron chi connectivity index (χ1n) is 3.95. The van der Waals surface area contributed by atoms with E-state index in [1.807, 2.05) is 0 Å². The lowest BCUT2D eigenvalue weighted by atomic mass is 9.99. The Morgan fingerprint density at radius 1 is 1.23 bits per heavy atom. The van der Waals surface area contributed by atoms with Crippen LogP contribution in [0, 0.1) is 0 Å². The lowest BCUT2D eigenvalue weighted by molar-refractivity contribution is -0.290. The molecule has 0 spiro atoms. The summed E-state index contributed by atoms with van der Waals surface area (Å²) in [5.74, 6) is 0. The first kappa shape index (κ1) is 10.8. The molecule has 4 N–H and O–H groups in total. The SMILES string of the molecule is CO[C@@H]1C(O)[C@@H](O)OC(CO)[C@H]1O. The number of hydrogen-bond donors (Lipinski definition) is 4. The minimum atomic E-state index is -1.44. The van der Waals surface area contributed by atoms with Gasteiger partial charge in [0.15, 0.2) is 6.29 Å². The summed E-state index contributed by atoms with van der Waals surface area (Å²) in [4.78, 5) is 0. The van der Waals surface area contributed by atoms with E-state index >= 15 is 0 Å². The van der Waals surface area contributed by atoms with Crippen molar-refractivity contribution in [3.63, 3.8) is 0 Å². The third-order valence-corrected chi connectivity index (χ3v) is 2.11. The van der Waals surface area contributed by atoms with E-state index in [4.69, 9.17) is 19.7 Å². The molecule has 1 heterocycles. The van der Waals surface area contributed by atoms with Crippen LogP contribution in [0.15, 0.2) is 0 Å². The van der Waals surface area contributed by atoms with Gasteiger partial charge in [0.2, 0.25) is 0 Å². The molecule has 1 aliphatic rings. The van der Waals surface area contributed by atoms with Gasteiger partial charge in [-0.15, -0.1) is 0 Å². The fraction of sp³-hybridized carbons (Fsp3) is 1.00. The molecule has 78 valence electrons.